The SMILES string of the molecule is CC(C)CCNC(=O)COC(=O)c1ccc2[nH]c3c(c2c1)C[C@H](C)CC3. The van der Waals surface area contributed by atoms with Crippen molar-refractivity contribution >= 4 is 22.8 Å². The van der Waals surface area contributed by atoms with Gasteiger partial charge in [0.2, 0.25) is 0 Å². The number of amides is 1. The summed E-state index contributed by atoms with van der Waals surface area (Å²) < 4.78 is 5.18. The number of hydrogen-bond acceptors (Lipinski definition) is 3. The third-order valence-corrected chi connectivity index (χ3v) is 5.05. The van der Waals surface area contributed by atoms with Crippen molar-refractivity contribution in [3.8, 4) is 0 Å². The molecule has 26 heavy (non-hydrogen) atoms. The molecule has 0 fully saturated rings. The average Bonchev–Trinajstić information content (AvgIpc) is 2.96. The zero-order chi connectivity index (χ0) is 18.7. The Balaban J connectivity index is 1.63. The molecule has 1 atom stereocenters. The maximum atomic E-state index is 12.3. The van der Waals surface area contributed by atoms with Crippen LogP contribution in [0, 0.1) is 11.8 Å². The highest BCUT2D eigenvalue weighted by atomic mass is 16.5. The Kier molecular flexibility index (Phi) is 5.64. The second-order valence-corrected chi connectivity index (χ2v) is 7.80. The molecular weight excluding hydrogens is 328 g/mol. The fraction of sp³-hybridized carbons (Fsp3) is 0.524. The Morgan fingerprint density at radius 3 is 2.92 bits per heavy atom. The molecule has 0 spiro atoms. The normalized spacial score (nSPS) is 16.5. The zero-order valence-electron chi connectivity index (χ0n) is 15.9. The van der Waals surface area contributed by atoms with E-state index in [1.807, 2.05) is 12.1 Å². The molecule has 1 aliphatic rings. The first-order valence-electron chi connectivity index (χ1n) is 9.51. The minimum Gasteiger partial charge on any atom is -0.452 e. The minimum atomic E-state index is -0.454. The maximum Gasteiger partial charge on any atom is 0.338 e. The van der Waals surface area contributed by atoms with Crippen LogP contribution in [0.3, 0.4) is 0 Å². The number of aromatic amines is 1. The molecule has 2 aromatic rings. The van der Waals surface area contributed by atoms with E-state index in [0.29, 0.717) is 23.9 Å². The highest BCUT2D eigenvalue weighted by molar-refractivity contribution is 5.97. The van der Waals surface area contributed by atoms with Crippen LogP contribution in [0.2, 0.25) is 0 Å². The fourth-order valence-electron chi connectivity index (χ4n) is 3.48. The summed E-state index contributed by atoms with van der Waals surface area (Å²) in [5.74, 6) is 0.476. The molecule has 2 N–H and O–H groups in total. The molecule has 5 heteroatoms. The summed E-state index contributed by atoms with van der Waals surface area (Å²) >= 11 is 0. The number of esters is 1. The number of fused-ring (bicyclic) bond motifs is 3. The molecule has 0 unspecified atom stereocenters. The minimum absolute atomic E-state index is 0.239. The highest BCUT2D eigenvalue weighted by Crippen LogP contribution is 2.32. The molecule has 1 aromatic carbocycles. The van der Waals surface area contributed by atoms with Crippen LogP contribution in [0.1, 0.15) is 55.2 Å². The first-order valence-corrected chi connectivity index (χ1v) is 9.51. The van der Waals surface area contributed by atoms with Gasteiger partial charge in [-0.3, -0.25) is 4.79 Å². The zero-order valence-corrected chi connectivity index (χ0v) is 15.9. The largest absolute Gasteiger partial charge is 0.452 e. The Morgan fingerprint density at radius 2 is 2.15 bits per heavy atom. The number of aryl methyl sites for hydroxylation is 1. The van der Waals surface area contributed by atoms with Crippen molar-refractivity contribution in [2.45, 2.75) is 46.5 Å². The van der Waals surface area contributed by atoms with Gasteiger partial charge in [0.15, 0.2) is 6.61 Å². The summed E-state index contributed by atoms with van der Waals surface area (Å²) in [7, 11) is 0. The van der Waals surface area contributed by atoms with Crippen molar-refractivity contribution in [1.29, 1.82) is 0 Å². The van der Waals surface area contributed by atoms with E-state index in [4.69, 9.17) is 4.74 Å². The van der Waals surface area contributed by atoms with Crippen LogP contribution in [0.25, 0.3) is 10.9 Å². The molecule has 0 bridgehead atoms. The number of carbonyl (C=O) groups excluding carboxylic acids is 2. The van der Waals surface area contributed by atoms with Gasteiger partial charge in [0, 0.05) is 23.1 Å². The number of hydrogen-bond donors (Lipinski definition) is 2. The number of aromatic nitrogens is 1. The van der Waals surface area contributed by atoms with E-state index < -0.39 is 5.97 Å². The van der Waals surface area contributed by atoms with E-state index in [0.717, 1.165) is 30.2 Å². The van der Waals surface area contributed by atoms with E-state index in [9.17, 15) is 9.59 Å². The van der Waals surface area contributed by atoms with E-state index in [-0.39, 0.29) is 12.5 Å². The number of nitrogens with one attached hydrogen (secondary N) is 2. The molecular formula is C21H28N2O3. The Bertz CT molecular complexity index is 807. The summed E-state index contributed by atoms with van der Waals surface area (Å²) in [6.07, 6.45) is 4.20. The van der Waals surface area contributed by atoms with Gasteiger partial charge in [0.1, 0.15) is 0 Å². The summed E-state index contributed by atoms with van der Waals surface area (Å²) in [6.45, 7) is 6.83. The van der Waals surface area contributed by atoms with Gasteiger partial charge in [-0.2, -0.15) is 0 Å². The quantitative estimate of drug-likeness (QED) is 0.777. The molecule has 140 valence electrons. The van der Waals surface area contributed by atoms with Crippen molar-refractivity contribution in [1.82, 2.24) is 10.3 Å². The van der Waals surface area contributed by atoms with Gasteiger partial charge in [-0.15, -0.1) is 0 Å². The first kappa shape index (κ1) is 18.5. The van der Waals surface area contributed by atoms with Gasteiger partial charge in [-0.05, 0) is 61.3 Å². The van der Waals surface area contributed by atoms with Crippen LogP contribution < -0.4 is 5.32 Å². The molecule has 5 nitrogen and oxygen atoms in total. The third kappa shape index (κ3) is 4.26. The number of rotatable bonds is 6. The molecule has 1 amide bonds. The second kappa shape index (κ2) is 7.94. The smallest absolute Gasteiger partial charge is 0.338 e. The first-order chi connectivity index (χ1) is 12.4. The predicted molar refractivity (Wildman–Crippen MR) is 102 cm³/mol. The number of benzene rings is 1. The Morgan fingerprint density at radius 1 is 1.35 bits per heavy atom. The van der Waals surface area contributed by atoms with Gasteiger partial charge in [0.05, 0.1) is 5.56 Å². The van der Waals surface area contributed by atoms with Crippen molar-refractivity contribution < 1.29 is 14.3 Å². The highest BCUT2D eigenvalue weighted by Gasteiger charge is 2.21. The lowest BCUT2D eigenvalue weighted by Gasteiger charge is -2.18. The molecule has 1 aliphatic carbocycles. The van der Waals surface area contributed by atoms with Crippen LogP contribution in [-0.4, -0.2) is 30.0 Å². The summed E-state index contributed by atoms with van der Waals surface area (Å²) in [5, 5.41) is 3.87. The van der Waals surface area contributed by atoms with Gasteiger partial charge in [-0.25, -0.2) is 4.79 Å². The van der Waals surface area contributed by atoms with Gasteiger partial charge < -0.3 is 15.0 Å². The molecule has 3 rings (SSSR count). The van der Waals surface area contributed by atoms with Crippen molar-refractivity contribution in [3.63, 3.8) is 0 Å². The van der Waals surface area contributed by atoms with Crippen LogP contribution in [-0.2, 0) is 22.4 Å². The lowest BCUT2D eigenvalue weighted by Crippen LogP contribution is -2.30. The van der Waals surface area contributed by atoms with Gasteiger partial charge in [-0.1, -0.05) is 20.8 Å². The van der Waals surface area contributed by atoms with Crippen molar-refractivity contribution in [2.75, 3.05) is 13.2 Å². The Labute approximate surface area is 154 Å². The number of ether oxygens (including phenoxy) is 1. The van der Waals surface area contributed by atoms with Crippen molar-refractivity contribution in [3.05, 3.63) is 35.0 Å². The van der Waals surface area contributed by atoms with Crippen LogP contribution in [0.15, 0.2) is 18.2 Å². The fourth-order valence-corrected chi connectivity index (χ4v) is 3.48. The average molecular weight is 356 g/mol. The third-order valence-electron chi connectivity index (χ3n) is 5.05. The second-order valence-electron chi connectivity index (χ2n) is 7.80. The van der Waals surface area contributed by atoms with Crippen LogP contribution in [0.4, 0.5) is 0 Å². The molecule has 0 aliphatic heterocycles. The monoisotopic (exact) mass is 356 g/mol. The number of H-pyrrole nitrogens is 1. The number of carbonyl (C=O) groups is 2. The maximum absolute atomic E-state index is 12.3. The lowest BCUT2D eigenvalue weighted by molar-refractivity contribution is -0.124. The summed E-state index contributed by atoms with van der Waals surface area (Å²) in [4.78, 5) is 27.6. The molecule has 0 radical (unpaired) electrons. The molecule has 0 saturated heterocycles. The Hall–Kier alpha value is -2.30. The molecule has 1 heterocycles. The lowest BCUT2D eigenvalue weighted by atomic mass is 9.87. The molecule has 1 aromatic heterocycles. The molecule has 0 saturated carbocycles. The standard InChI is InChI=1S/C21H28N2O3/c1-13(2)8-9-22-20(24)12-26-21(25)15-5-7-19-17(11-15)16-10-14(3)4-6-18(16)23-19/h5,7,11,13-14,23H,4,6,8-10,12H2,1-3H3,(H,22,24)/t14-/m1/s1. The van der Waals surface area contributed by atoms with Gasteiger partial charge >= 0.3 is 5.97 Å². The van der Waals surface area contributed by atoms with Gasteiger partial charge in [0.25, 0.3) is 5.91 Å². The van der Waals surface area contributed by atoms with Crippen molar-refractivity contribution in [2.24, 2.45) is 11.8 Å². The van der Waals surface area contributed by atoms with E-state index >= 15 is 0 Å². The van der Waals surface area contributed by atoms with E-state index in [2.05, 4.69) is 31.1 Å². The van der Waals surface area contributed by atoms with E-state index in [1.165, 1.54) is 17.7 Å². The predicted octanol–water partition coefficient (Wildman–Crippen LogP) is 3.61. The topological polar surface area (TPSA) is 71.2 Å². The van der Waals surface area contributed by atoms with Crippen LogP contribution in [0.5, 0.6) is 0 Å². The summed E-state index contributed by atoms with van der Waals surface area (Å²) in [5.41, 5.74) is 4.16. The summed E-state index contributed by atoms with van der Waals surface area (Å²) in [6, 6.07) is 5.58. The van der Waals surface area contributed by atoms with Crippen LogP contribution >= 0.6 is 0 Å². The van der Waals surface area contributed by atoms with E-state index in [1.54, 1.807) is 6.07 Å².